The molecule has 2 atom stereocenters. The number of rotatable bonds is 3. The zero-order valence-corrected chi connectivity index (χ0v) is 17.2. The fourth-order valence-corrected chi connectivity index (χ4v) is 6.50. The molecule has 4 heterocycles. The smallest absolute Gasteiger partial charge is 0.323 e. The lowest BCUT2D eigenvalue weighted by atomic mass is 9.79. The molecule has 2 saturated heterocycles. The molecule has 0 saturated carbocycles. The van der Waals surface area contributed by atoms with E-state index in [1.54, 1.807) is 0 Å². The van der Waals surface area contributed by atoms with Crippen LogP contribution in [-0.4, -0.2) is 44.8 Å². The molecule has 0 aromatic heterocycles. The van der Waals surface area contributed by atoms with Crippen molar-refractivity contribution in [1.29, 1.82) is 0 Å². The van der Waals surface area contributed by atoms with Crippen molar-refractivity contribution in [2.75, 3.05) is 11.4 Å². The molecule has 1 aromatic carbocycles. The number of thioether (sulfide) groups is 1. The molecule has 1 amide bonds. The highest BCUT2D eigenvalue weighted by Gasteiger charge is 2.39. The summed E-state index contributed by atoms with van der Waals surface area (Å²) in [5.41, 5.74) is 5.28. The molecule has 0 spiro atoms. The minimum Gasteiger partial charge on any atom is -0.480 e. The van der Waals surface area contributed by atoms with E-state index in [9.17, 15) is 9.59 Å². The van der Waals surface area contributed by atoms with E-state index >= 15 is 0 Å². The predicted molar refractivity (Wildman–Crippen MR) is 115 cm³/mol. The molecule has 0 bridgehead atoms. The summed E-state index contributed by atoms with van der Waals surface area (Å²) < 4.78 is 0.317. The first-order chi connectivity index (χ1) is 13.5. The van der Waals surface area contributed by atoms with E-state index in [0.717, 1.165) is 18.4 Å². The van der Waals surface area contributed by atoms with Crippen LogP contribution in [0.3, 0.4) is 0 Å². The summed E-state index contributed by atoms with van der Waals surface area (Å²) in [6.45, 7) is -0.380. The number of benzene rings is 1. The number of piperidine rings is 1. The van der Waals surface area contributed by atoms with E-state index in [4.69, 9.17) is 17.3 Å². The Morgan fingerprint density at radius 2 is 1.82 bits per heavy atom. The molecule has 1 N–H and O–H groups in total. The van der Waals surface area contributed by atoms with Crippen molar-refractivity contribution >= 4 is 51.9 Å². The highest BCUT2D eigenvalue weighted by molar-refractivity contribution is 8.26. The Morgan fingerprint density at radius 3 is 2.43 bits per heavy atom. The normalized spacial score (nSPS) is 27.4. The number of carbonyl (C=O) groups is 2. The average Bonchev–Trinajstić information content (AvgIpc) is 2.93. The Morgan fingerprint density at radius 1 is 1.18 bits per heavy atom. The molecule has 0 radical (unpaired) electrons. The number of aliphatic carboxylic acids is 1. The number of amides is 1. The summed E-state index contributed by atoms with van der Waals surface area (Å²) in [6, 6.07) is 5.83. The third-order valence-electron chi connectivity index (χ3n) is 6.37. The van der Waals surface area contributed by atoms with Crippen molar-refractivity contribution in [1.82, 2.24) is 4.90 Å². The van der Waals surface area contributed by atoms with Crippen LogP contribution >= 0.6 is 24.0 Å². The molecule has 5 nitrogen and oxygen atoms in total. The highest BCUT2D eigenvalue weighted by atomic mass is 32.2. The molecule has 1 aromatic rings. The van der Waals surface area contributed by atoms with E-state index in [-0.39, 0.29) is 12.5 Å². The molecular weight excluding hydrogens is 392 g/mol. The van der Waals surface area contributed by atoms with Crippen molar-refractivity contribution in [3.63, 3.8) is 0 Å². The van der Waals surface area contributed by atoms with Crippen molar-refractivity contribution in [3.05, 3.63) is 33.7 Å². The van der Waals surface area contributed by atoms with Gasteiger partial charge < -0.3 is 10.0 Å². The van der Waals surface area contributed by atoms with Gasteiger partial charge in [0.2, 0.25) is 0 Å². The van der Waals surface area contributed by atoms with Gasteiger partial charge in [-0.25, -0.2) is 0 Å². The zero-order valence-electron chi connectivity index (χ0n) is 15.5. The van der Waals surface area contributed by atoms with Crippen molar-refractivity contribution in [3.8, 4) is 0 Å². The molecule has 2 unspecified atom stereocenters. The number of hydrogen-bond donors (Lipinski definition) is 1. The van der Waals surface area contributed by atoms with Crippen LogP contribution in [0, 0.1) is 0 Å². The number of hydrogen-bond acceptors (Lipinski definition) is 5. The molecule has 5 rings (SSSR count). The van der Waals surface area contributed by atoms with Gasteiger partial charge >= 0.3 is 5.97 Å². The van der Waals surface area contributed by atoms with Crippen molar-refractivity contribution in [2.24, 2.45) is 0 Å². The second kappa shape index (κ2) is 6.88. The maximum absolute atomic E-state index is 12.6. The van der Waals surface area contributed by atoms with Gasteiger partial charge in [-0.15, -0.1) is 0 Å². The van der Waals surface area contributed by atoms with Gasteiger partial charge in [0, 0.05) is 17.8 Å². The largest absolute Gasteiger partial charge is 0.480 e. The SMILES string of the molecule is O=C(O)CN1C(=O)/C(=C\c2cc3c4c(c2)CCC2CCCC(CC3)N42)SC1=S. The zero-order chi connectivity index (χ0) is 19.4. The Kier molecular flexibility index (Phi) is 4.47. The summed E-state index contributed by atoms with van der Waals surface area (Å²) in [5, 5.41) is 9.00. The van der Waals surface area contributed by atoms with Crippen LogP contribution in [0.5, 0.6) is 0 Å². The number of aryl methyl sites for hydroxylation is 2. The van der Waals surface area contributed by atoms with Crippen LogP contribution in [0.15, 0.2) is 17.0 Å². The third kappa shape index (κ3) is 2.95. The van der Waals surface area contributed by atoms with Gasteiger partial charge in [0.25, 0.3) is 5.91 Å². The van der Waals surface area contributed by atoms with Gasteiger partial charge in [-0.05, 0) is 79.8 Å². The lowest BCUT2D eigenvalue weighted by Gasteiger charge is -2.51. The second-order valence-corrected chi connectivity index (χ2v) is 9.75. The van der Waals surface area contributed by atoms with Gasteiger partial charge in [-0.2, -0.15) is 0 Å². The maximum Gasteiger partial charge on any atom is 0.323 e. The summed E-state index contributed by atoms with van der Waals surface area (Å²) >= 11 is 6.40. The number of carbonyl (C=O) groups excluding carboxylic acids is 1. The van der Waals surface area contributed by atoms with Crippen LogP contribution in [0.1, 0.15) is 48.8 Å². The quantitative estimate of drug-likeness (QED) is 0.603. The molecule has 4 aliphatic rings. The number of thiocarbonyl (C=S) groups is 1. The first-order valence-electron chi connectivity index (χ1n) is 9.92. The molecule has 28 heavy (non-hydrogen) atoms. The molecular formula is C21H22N2O3S2. The highest BCUT2D eigenvalue weighted by Crippen LogP contribution is 2.45. The minimum absolute atomic E-state index is 0.306. The maximum atomic E-state index is 12.6. The first kappa shape index (κ1) is 18.2. The fraction of sp³-hybridized carbons (Fsp3) is 0.476. The summed E-state index contributed by atoms with van der Waals surface area (Å²) in [5.74, 6) is -1.36. The summed E-state index contributed by atoms with van der Waals surface area (Å²) in [6.07, 6.45) is 10.5. The van der Waals surface area contributed by atoms with Crippen LogP contribution in [0.4, 0.5) is 5.69 Å². The molecule has 0 aliphatic carbocycles. The van der Waals surface area contributed by atoms with Gasteiger partial charge in [-0.3, -0.25) is 14.5 Å². The van der Waals surface area contributed by atoms with E-state index < -0.39 is 5.97 Å². The predicted octanol–water partition coefficient (Wildman–Crippen LogP) is 3.59. The van der Waals surface area contributed by atoms with E-state index in [2.05, 4.69) is 17.0 Å². The minimum atomic E-state index is -1.05. The first-order valence-corrected chi connectivity index (χ1v) is 11.1. The van der Waals surface area contributed by atoms with E-state index in [1.807, 2.05) is 6.08 Å². The molecule has 2 fully saturated rings. The number of carboxylic acid groups (broad SMARTS) is 1. The number of carboxylic acids is 1. The molecule has 4 aliphatic heterocycles. The van der Waals surface area contributed by atoms with Gasteiger partial charge in [0.1, 0.15) is 10.9 Å². The number of anilines is 1. The van der Waals surface area contributed by atoms with Gasteiger partial charge in [0.05, 0.1) is 4.91 Å². The lowest BCUT2D eigenvalue weighted by Crippen LogP contribution is -2.51. The Balaban J connectivity index is 1.49. The second-order valence-electron chi connectivity index (χ2n) is 8.07. The summed E-state index contributed by atoms with van der Waals surface area (Å²) in [7, 11) is 0. The Bertz CT molecular complexity index is 889. The Hall–Kier alpha value is -1.86. The topological polar surface area (TPSA) is 60.9 Å². The lowest BCUT2D eigenvalue weighted by molar-refractivity contribution is -0.140. The Labute approximate surface area is 173 Å². The van der Waals surface area contributed by atoms with Gasteiger partial charge in [-0.1, -0.05) is 24.0 Å². The van der Waals surface area contributed by atoms with Crippen LogP contribution in [0.25, 0.3) is 6.08 Å². The van der Waals surface area contributed by atoms with Crippen molar-refractivity contribution < 1.29 is 14.7 Å². The fourth-order valence-electron chi connectivity index (χ4n) is 5.25. The molecule has 7 heteroatoms. The summed E-state index contributed by atoms with van der Waals surface area (Å²) in [4.78, 5) is 27.9. The standard InChI is InChI=1S/C21H22N2O3S2/c24-18(25)11-22-20(26)17(28-21(22)27)10-12-8-13-4-6-15-2-1-3-16-7-5-14(9-12)19(13)23(15)16/h8-10,15-16H,1-7,11H2,(H,24,25)/b17-10+. The third-order valence-corrected chi connectivity index (χ3v) is 7.75. The van der Waals surface area contributed by atoms with E-state index in [1.165, 1.54) is 65.6 Å². The van der Waals surface area contributed by atoms with Crippen LogP contribution < -0.4 is 4.90 Å². The average molecular weight is 415 g/mol. The van der Waals surface area contributed by atoms with Gasteiger partial charge in [0.15, 0.2) is 0 Å². The van der Waals surface area contributed by atoms with E-state index in [0.29, 0.717) is 21.3 Å². The van der Waals surface area contributed by atoms with Crippen LogP contribution in [0.2, 0.25) is 0 Å². The monoisotopic (exact) mass is 414 g/mol. The molecule has 146 valence electrons. The van der Waals surface area contributed by atoms with Crippen LogP contribution in [-0.2, 0) is 22.4 Å². The van der Waals surface area contributed by atoms with Crippen molar-refractivity contribution in [2.45, 2.75) is 57.0 Å². The number of nitrogens with zero attached hydrogens (tertiary/aromatic N) is 2.